The van der Waals surface area contributed by atoms with Crippen molar-refractivity contribution in [2.45, 2.75) is 32.9 Å². The fraction of sp³-hybridized carbons (Fsp3) is 0.294. The molecule has 0 fully saturated rings. The van der Waals surface area contributed by atoms with Gasteiger partial charge in [0.15, 0.2) is 5.11 Å². The maximum Gasteiger partial charge on any atom is 0.174 e. The van der Waals surface area contributed by atoms with Gasteiger partial charge >= 0.3 is 0 Å². The first-order valence-corrected chi connectivity index (χ1v) is 8.04. The molecule has 0 spiro atoms. The maximum absolute atomic E-state index is 6.20. The summed E-state index contributed by atoms with van der Waals surface area (Å²) in [6.45, 7) is 6.32. The lowest BCUT2D eigenvalue weighted by molar-refractivity contribution is 0.280. The average Bonchev–Trinajstić information content (AvgIpc) is 2.50. The minimum absolute atomic E-state index is 0.0729. The normalized spacial score (nSPS) is 12.0. The molecule has 3 nitrogen and oxygen atoms in total. The summed E-state index contributed by atoms with van der Waals surface area (Å²) in [7, 11) is 0. The van der Waals surface area contributed by atoms with Crippen molar-refractivity contribution in [1.82, 2.24) is 9.88 Å². The second-order valence-corrected chi connectivity index (χ2v) is 6.14. The van der Waals surface area contributed by atoms with Gasteiger partial charge in [-0.1, -0.05) is 29.8 Å². The van der Waals surface area contributed by atoms with Crippen LogP contribution in [0.3, 0.4) is 0 Å². The van der Waals surface area contributed by atoms with Crippen LogP contribution in [0.5, 0.6) is 0 Å². The fourth-order valence-electron chi connectivity index (χ4n) is 2.37. The largest absolute Gasteiger partial charge is 0.338 e. The summed E-state index contributed by atoms with van der Waals surface area (Å²) in [5, 5.41) is 4.53. The van der Waals surface area contributed by atoms with Crippen LogP contribution in [-0.2, 0) is 0 Å². The molecule has 1 aromatic heterocycles. The number of hydrogen-bond donors (Lipinski definition) is 1. The molecular weight excluding hydrogens is 314 g/mol. The molecule has 22 heavy (non-hydrogen) atoms. The molecule has 1 N–H and O–H groups in total. The van der Waals surface area contributed by atoms with Crippen LogP contribution in [0.2, 0.25) is 5.02 Å². The molecule has 2 rings (SSSR count). The summed E-state index contributed by atoms with van der Waals surface area (Å²) in [5.41, 5.74) is 1.80. The molecule has 0 unspecified atom stereocenters. The van der Waals surface area contributed by atoms with Gasteiger partial charge in [0.1, 0.15) is 0 Å². The van der Waals surface area contributed by atoms with E-state index in [1.54, 1.807) is 6.20 Å². The van der Waals surface area contributed by atoms with Crippen molar-refractivity contribution in [3.8, 4) is 0 Å². The minimum atomic E-state index is 0.0729. The summed E-state index contributed by atoms with van der Waals surface area (Å²) in [5.74, 6) is 0. The van der Waals surface area contributed by atoms with Crippen molar-refractivity contribution in [2.24, 2.45) is 0 Å². The fourth-order valence-corrected chi connectivity index (χ4v) is 3.03. The second-order valence-electron chi connectivity index (χ2n) is 5.34. The molecule has 0 aliphatic rings. The van der Waals surface area contributed by atoms with E-state index in [0.29, 0.717) is 10.1 Å². The van der Waals surface area contributed by atoms with E-state index in [1.807, 2.05) is 42.5 Å². The van der Waals surface area contributed by atoms with Crippen LogP contribution in [-0.4, -0.2) is 21.0 Å². The van der Waals surface area contributed by atoms with Crippen LogP contribution in [0.1, 0.15) is 32.5 Å². The smallest absolute Gasteiger partial charge is 0.174 e. The molecule has 5 heteroatoms. The van der Waals surface area contributed by atoms with E-state index < -0.39 is 0 Å². The number of aromatic nitrogens is 1. The van der Waals surface area contributed by atoms with Crippen molar-refractivity contribution in [3.63, 3.8) is 0 Å². The Labute approximate surface area is 142 Å². The molecule has 2 aromatic rings. The molecule has 1 atom stereocenters. The van der Waals surface area contributed by atoms with Gasteiger partial charge in [-0.05, 0) is 57.3 Å². The van der Waals surface area contributed by atoms with E-state index in [-0.39, 0.29) is 12.1 Å². The van der Waals surface area contributed by atoms with Gasteiger partial charge in [0.2, 0.25) is 0 Å². The Morgan fingerprint density at radius 3 is 2.41 bits per heavy atom. The maximum atomic E-state index is 6.20. The molecule has 1 heterocycles. The van der Waals surface area contributed by atoms with Gasteiger partial charge in [0, 0.05) is 12.2 Å². The Balaban J connectivity index is 2.21. The summed E-state index contributed by atoms with van der Waals surface area (Å²) < 4.78 is 0. The Morgan fingerprint density at radius 1 is 1.14 bits per heavy atom. The zero-order chi connectivity index (χ0) is 16.1. The summed E-state index contributed by atoms with van der Waals surface area (Å²) in [4.78, 5) is 6.56. The zero-order valence-corrected chi connectivity index (χ0v) is 14.5. The number of nitrogens with one attached hydrogen (secondary N) is 1. The van der Waals surface area contributed by atoms with Gasteiger partial charge in [-0.3, -0.25) is 4.98 Å². The van der Waals surface area contributed by atoms with E-state index in [2.05, 4.69) is 36.0 Å². The monoisotopic (exact) mass is 333 g/mol. The van der Waals surface area contributed by atoms with Gasteiger partial charge in [-0.15, -0.1) is 0 Å². The molecule has 0 aliphatic carbocycles. The van der Waals surface area contributed by atoms with Gasteiger partial charge in [0.25, 0.3) is 0 Å². The van der Waals surface area contributed by atoms with E-state index in [4.69, 9.17) is 23.8 Å². The molecular formula is C17H20ClN3S. The summed E-state index contributed by atoms with van der Waals surface area (Å²) in [6.07, 6.45) is 1.80. The third-order valence-electron chi connectivity index (χ3n) is 3.44. The average molecular weight is 334 g/mol. The first-order chi connectivity index (χ1) is 10.5. The van der Waals surface area contributed by atoms with Crippen LogP contribution in [0, 0.1) is 0 Å². The van der Waals surface area contributed by atoms with Gasteiger partial charge in [-0.2, -0.15) is 0 Å². The number of rotatable bonds is 4. The Morgan fingerprint density at radius 2 is 1.82 bits per heavy atom. The van der Waals surface area contributed by atoms with Crippen LogP contribution < -0.4 is 5.32 Å². The first kappa shape index (κ1) is 16.7. The zero-order valence-electron chi connectivity index (χ0n) is 13.0. The molecule has 1 aromatic carbocycles. The number of anilines is 1. The van der Waals surface area contributed by atoms with E-state index in [1.165, 1.54) is 0 Å². The minimum Gasteiger partial charge on any atom is -0.338 e. The summed E-state index contributed by atoms with van der Waals surface area (Å²) >= 11 is 11.8. The highest BCUT2D eigenvalue weighted by molar-refractivity contribution is 7.80. The molecule has 0 radical (unpaired) electrons. The molecule has 0 aliphatic heterocycles. The lowest BCUT2D eigenvalue weighted by Crippen LogP contribution is -2.41. The SMILES string of the molecule is CC(C)N(C(=S)Nc1ccccc1Cl)[C@@H](C)c1ccccn1. The van der Waals surface area contributed by atoms with Crippen molar-refractivity contribution >= 4 is 34.6 Å². The predicted octanol–water partition coefficient (Wildman–Crippen LogP) is 4.90. The third kappa shape index (κ3) is 3.96. The molecule has 0 amide bonds. The number of pyridine rings is 1. The molecule has 0 saturated carbocycles. The molecule has 0 bridgehead atoms. The van der Waals surface area contributed by atoms with Gasteiger partial charge in [-0.25, -0.2) is 0 Å². The number of halogens is 1. The number of benzene rings is 1. The van der Waals surface area contributed by atoms with E-state index in [0.717, 1.165) is 11.4 Å². The van der Waals surface area contributed by atoms with Crippen molar-refractivity contribution in [3.05, 3.63) is 59.4 Å². The lowest BCUT2D eigenvalue weighted by atomic mass is 10.1. The number of para-hydroxylation sites is 1. The van der Waals surface area contributed by atoms with Gasteiger partial charge in [0.05, 0.1) is 22.4 Å². The van der Waals surface area contributed by atoms with E-state index >= 15 is 0 Å². The number of hydrogen-bond acceptors (Lipinski definition) is 2. The molecule has 0 saturated heterocycles. The highest BCUT2D eigenvalue weighted by atomic mass is 35.5. The predicted molar refractivity (Wildman–Crippen MR) is 97.3 cm³/mol. The summed E-state index contributed by atoms with van der Waals surface area (Å²) in [6, 6.07) is 13.8. The lowest BCUT2D eigenvalue weighted by Gasteiger charge is -2.35. The van der Waals surface area contributed by atoms with Crippen LogP contribution >= 0.6 is 23.8 Å². The standard InChI is InChI=1S/C17H20ClN3S/c1-12(2)21(13(3)15-9-6-7-11-19-15)17(22)20-16-10-5-4-8-14(16)18/h4-13H,1-3H3,(H,20,22)/t13-/m0/s1. The Bertz CT molecular complexity index is 631. The highest BCUT2D eigenvalue weighted by Crippen LogP contribution is 2.25. The van der Waals surface area contributed by atoms with Crippen molar-refractivity contribution in [1.29, 1.82) is 0 Å². The Hall–Kier alpha value is -1.65. The first-order valence-electron chi connectivity index (χ1n) is 7.25. The topological polar surface area (TPSA) is 28.2 Å². The highest BCUT2D eigenvalue weighted by Gasteiger charge is 2.22. The molecule has 116 valence electrons. The van der Waals surface area contributed by atoms with E-state index in [9.17, 15) is 0 Å². The van der Waals surface area contributed by atoms with Crippen LogP contribution in [0.25, 0.3) is 0 Å². The second kappa shape index (κ2) is 7.56. The van der Waals surface area contributed by atoms with Crippen molar-refractivity contribution in [2.75, 3.05) is 5.32 Å². The Kier molecular flexibility index (Phi) is 5.75. The van der Waals surface area contributed by atoms with Crippen LogP contribution in [0.4, 0.5) is 5.69 Å². The quantitative estimate of drug-likeness (QED) is 0.805. The van der Waals surface area contributed by atoms with Crippen LogP contribution in [0.15, 0.2) is 48.7 Å². The third-order valence-corrected chi connectivity index (χ3v) is 4.08. The van der Waals surface area contributed by atoms with Crippen molar-refractivity contribution < 1.29 is 0 Å². The van der Waals surface area contributed by atoms with Gasteiger partial charge < -0.3 is 10.2 Å². The number of nitrogens with zero attached hydrogens (tertiary/aromatic N) is 2. The number of thiocarbonyl (C=S) groups is 1.